The van der Waals surface area contributed by atoms with Gasteiger partial charge in [-0.2, -0.15) is 30.2 Å². The molecule has 0 aliphatic carbocycles. The van der Waals surface area contributed by atoms with Gasteiger partial charge >= 0.3 is 0 Å². The molecule has 0 aromatic carbocycles. The molecule has 24 heavy (non-hydrogen) atoms. The number of hydrogen-bond donors (Lipinski definition) is 2. The van der Waals surface area contributed by atoms with Crippen molar-refractivity contribution in [1.82, 2.24) is 44.9 Å². The lowest BCUT2D eigenvalue weighted by molar-refractivity contribution is 0.664. The van der Waals surface area contributed by atoms with E-state index in [0.29, 0.717) is 24.4 Å². The molecule has 0 aliphatic heterocycles. The summed E-state index contributed by atoms with van der Waals surface area (Å²) in [5.41, 5.74) is 10.8. The number of aromatic nitrogens is 9. The molecule has 3 N–H and O–H groups in total. The summed E-state index contributed by atoms with van der Waals surface area (Å²) in [6, 6.07) is 1.81. The summed E-state index contributed by atoms with van der Waals surface area (Å²) in [4.78, 5) is 4.14. The minimum Gasteiger partial charge on any atom is -0.384 e. The number of rotatable bonds is 4. The van der Waals surface area contributed by atoms with Crippen LogP contribution in [0.4, 0.5) is 5.82 Å². The van der Waals surface area contributed by atoms with Gasteiger partial charge in [-0.1, -0.05) is 0 Å². The first-order valence-corrected chi connectivity index (χ1v) is 7.75. The van der Waals surface area contributed by atoms with E-state index in [0.717, 1.165) is 28.0 Å². The van der Waals surface area contributed by atoms with E-state index < -0.39 is 0 Å². The van der Waals surface area contributed by atoms with Crippen molar-refractivity contribution in [2.45, 2.75) is 19.9 Å². The van der Waals surface area contributed by atoms with Crippen LogP contribution in [-0.4, -0.2) is 44.9 Å². The predicted molar refractivity (Wildman–Crippen MR) is 90.1 cm³/mol. The van der Waals surface area contributed by atoms with Gasteiger partial charge in [-0.25, -0.2) is 4.98 Å². The second kappa shape index (κ2) is 5.64. The molecule has 11 heteroatoms. The monoisotopic (exact) mass is 342 g/mol. The van der Waals surface area contributed by atoms with Crippen LogP contribution in [0.5, 0.6) is 0 Å². The lowest BCUT2D eigenvalue weighted by Gasteiger charge is -2.01. The average Bonchev–Trinajstić information content (AvgIpc) is 3.21. The lowest BCUT2D eigenvalue weighted by atomic mass is 10.1. The fourth-order valence-electron chi connectivity index (χ4n) is 2.59. The maximum Gasteiger partial charge on any atom is 0.203 e. The first-order chi connectivity index (χ1) is 11.6. The highest BCUT2D eigenvalue weighted by atomic mass is 31.0. The summed E-state index contributed by atoms with van der Waals surface area (Å²) in [7, 11) is 2.43. The number of nitrogen functional groups attached to an aromatic ring is 1. The third-order valence-corrected chi connectivity index (χ3v) is 3.91. The van der Waals surface area contributed by atoms with Gasteiger partial charge in [-0.3, -0.25) is 4.68 Å². The zero-order valence-electron chi connectivity index (χ0n) is 12.9. The first kappa shape index (κ1) is 14.7. The van der Waals surface area contributed by atoms with E-state index in [-0.39, 0.29) is 0 Å². The molecular weight excluding hydrogens is 327 g/mol. The van der Waals surface area contributed by atoms with E-state index in [1.165, 1.54) is 4.57 Å². The normalized spacial score (nSPS) is 11.4. The highest BCUT2D eigenvalue weighted by Crippen LogP contribution is 2.19. The Kier molecular flexibility index (Phi) is 3.46. The smallest absolute Gasteiger partial charge is 0.203 e. The van der Waals surface area contributed by atoms with Gasteiger partial charge in [-0.15, -0.1) is 5.10 Å². The maximum atomic E-state index is 5.83. The number of fused-ring (bicyclic) bond motifs is 1. The van der Waals surface area contributed by atoms with Crippen molar-refractivity contribution in [2.75, 3.05) is 5.73 Å². The van der Waals surface area contributed by atoms with Gasteiger partial charge in [0.25, 0.3) is 0 Å². The molecule has 1 atom stereocenters. The van der Waals surface area contributed by atoms with Gasteiger partial charge in [-0.05, 0) is 24.1 Å². The van der Waals surface area contributed by atoms with Crippen molar-refractivity contribution in [3.05, 3.63) is 41.0 Å². The van der Waals surface area contributed by atoms with Crippen LogP contribution in [0, 0.1) is 6.92 Å². The Hall–Kier alpha value is -2.87. The number of hydrogen-bond acceptors (Lipinski definition) is 7. The minimum atomic E-state index is 0.423. The number of nitrogens with two attached hydrogens (primary N) is 1. The van der Waals surface area contributed by atoms with Crippen molar-refractivity contribution in [1.29, 1.82) is 0 Å². The number of H-pyrrole nitrogens is 1. The van der Waals surface area contributed by atoms with Crippen molar-refractivity contribution in [3.63, 3.8) is 0 Å². The van der Waals surface area contributed by atoms with Crippen LogP contribution in [0.2, 0.25) is 0 Å². The molecule has 0 aliphatic rings. The summed E-state index contributed by atoms with van der Waals surface area (Å²) in [6.45, 7) is 2.49. The molecule has 4 heterocycles. The van der Waals surface area contributed by atoms with Gasteiger partial charge in [0.05, 0.1) is 18.4 Å². The molecule has 0 amide bonds. The molecule has 4 rings (SSSR count). The molecule has 0 fully saturated rings. The zero-order chi connectivity index (χ0) is 16.7. The van der Waals surface area contributed by atoms with Crippen LogP contribution in [0.1, 0.15) is 22.5 Å². The topological polar surface area (TPSA) is 129 Å². The second-order valence-corrected chi connectivity index (χ2v) is 5.94. The molecule has 122 valence electrons. The van der Waals surface area contributed by atoms with Crippen LogP contribution in [-0.2, 0) is 13.0 Å². The molecule has 0 bridgehead atoms. The molecule has 1 unspecified atom stereocenters. The molecule has 0 saturated heterocycles. The molecule has 0 radical (unpaired) electrons. The van der Waals surface area contributed by atoms with Crippen LogP contribution in [0.3, 0.4) is 0 Å². The number of anilines is 1. The first-order valence-electron chi connectivity index (χ1n) is 7.23. The third-order valence-electron chi connectivity index (χ3n) is 3.68. The van der Waals surface area contributed by atoms with Gasteiger partial charge in [0.1, 0.15) is 17.0 Å². The van der Waals surface area contributed by atoms with Crippen LogP contribution in [0.15, 0.2) is 18.5 Å². The van der Waals surface area contributed by atoms with Gasteiger partial charge in [0.2, 0.25) is 5.65 Å². The fraction of sp³-hybridized carbons (Fsp3) is 0.231. The average molecular weight is 342 g/mol. The summed E-state index contributed by atoms with van der Waals surface area (Å²) >= 11 is 0. The Bertz CT molecular complexity index is 1010. The van der Waals surface area contributed by atoms with E-state index >= 15 is 0 Å². The highest BCUT2D eigenvalue weighted by molar-refractivity contribution is 7.14. The lowest BCUT2D eigenvalue weighted by Crippen LogP contribution is -2.02. The Morgan fingerprint density at radius 2 is 2.17 bits per heavy atom. The number of nitrogens with one attached hydrogen (secondary N) is 1. The van der Waals surface area contributed by atoms with Crippen molar-refractivity contribution >= 4 is 26.4 Å². The van der Waals surface area contributed by atoms with Crippen molar-refractivity contribution in [2.24, 2.45) is 0 Å². The Morgan fingerprint density at radius 3 is 2.96 bits per heavy atom. The number of nitrogens with zero attached hydrogens (tertiary/aromatic N) is 8. The maximum absolute atomic E-state index is 5.83. The Balaban J connectivity index is 1.58. The quantitative estimate of drug-likeness (QED) is 0.511. The molecule has 4 aromatic heterocycles. The van der Waals surface area contributed by atoms with E-state index in [9.17, 15) is 0 Å². The Morgan fingerprint density at radius 1 is 1.29 bits per heavy atom. The zero-order valence-corrected chi connectivity index (χ0v) is 14.0. The van der Waals surface area contributed by atoms with E-state index in [4.69, 9.17) is 5.73 Å². The molecule has 0 spiro atoms. The Labute approximate surface area is 138 Å². The number of pyridine rings is 1. The minimum absolute atomic E-state index is 0.423. The SMILES string of the molecule is Cc1nn(P)nc1Cn1cc(Cc2cc(N)nc3n[nH]nc23)cn1. The van der Waals surface area contributed by atoms with E-state index in [2.05, 4.69) is 45.1 Å². The number of aromatic amines is 1. The van der Waals surface area contributed by atoms with Crippen molar-refractivity contribution < 1.29 is 0 Å². The number of aryl methyl sites for hydroxylation is 1. The van der Waals surface area contributed by atoms with E-state index in [1.807, 2.05) is 30.1 Å². The molecule has 4 aromatic rings. The van der Waals surface area contributed by atoms with Crippen LogP contribution < -0.4 is 5.73 Å². The predicted octanol–water partition coefficient (Wildman–Crippen LogP) is 0.309. The highest BCUT2D eigenvalue weighted by Gasteiger charge is 2.11. The summed E-state index contributed by atoms with van der Waals surface area (Å²) in [6.07, 6.45) is 4.44. The van der Waals surface area contributed by atoms with Crippen LogP contribution in [0.25, 0.3) is 11.2 Å². The van der Waals surface area contributed by atoms with Crippen LogP contribution >= 0.6 is 9.39 Å². The standard InChI is InChI=1S/C13H15N10P/c1-7-10(20-23(24)19-7)6-22-5-8(4-15-22)2-9-3-11(14)16-13-12(9)17-21-18-13/h3-5H,2,6,24H2,1H3,(H3,14,16,17,18,21). The summed E-state index contributed by atoms with van der Waals surface area (Å²) in [5.74, 6) is 0.423. The van der Waals surface area contributed by atoms with Gasteiger partial charge in [0, 0.05) is 22.0 Å². The molecule has 0 saturated carbocycles. The van der Waals surface area contributed by atoms with E-state index in [1.54, 1.807) is 0 Å². The van der Waals surface area contributed by atoms with Crippen molar-refractivity contribution in [3.8, 4) is 0 Å². The van der Waals surface area contributed by atoms with Gasteiger partial charge in [0.15, 0.2) is 0 Å². The molecular formula is C13H15N10P. The summed E-state index contributed by atoms with van der Waals surface area (Å²) < 4.78 is 3.32. The fourth-order valence-corrected chi connectivity index (χ4v) is 2.90. The van der Waals surface area contributed by atoms with Gasteiger partial charge < -0.3 is 5.73 Å². The second-order valence-electron chi connectivity index (χ2n) is 5.48. The third kappa shape index (κ3) is 2.71. The summed E-state index contributed by atoms with van der Waals surface area (Å²) in [5, 5.41) is 23.6. The largest absolute Gasteiger partial charge is 0.384 e. The molecule has 10 nitrogen and oxygen atoms in total.